The standard InChI is InChI=1S/C13H21BN2O3/c1-3-16(4-2)12(14(18)19)10-15-13(17)11-8-6-5-7-9-11/h5-9,12,18-19H,3-4,10H2,1-2H3,(H,15,17). The SMILES string of the molecule is CCN(CC)C(CNC(=O)c1ccccc1)B(O)O. The Labute approximate surface area is 114 Å². The van der Waals surface area contributed by atoms with E-state index in [1.165, 1.54) is 0 Å². The molecule has 3 N–H and O–H groups in total. The van der Waals surface area contributed by atoms with E-state index in [2.05, 4.69) is 5.32 Å². The first-order chi connectivity index (χ1) is 9.10. The molecule has 1 aromatic rings. The summed E-state index contributed by atoms with van der Waals surface area (Å²) < 4.78 is 0. The molecule has 0 saturated carbocycles. The first kappa shape index (κ1) is 15.7. The quantitative estimate of drug-likeness (QED) is 0.612. The van der Waals surface area contributed by atoms with Gasteiger partial charge in [-0.15, -0.1) is 0 Å². The molecule has 6 heteroatoms. The van der Waals surface area contributed by atoms with Crippen molar-refractivity contribution < 1.29 is 14.8 Å². The van der Waals surface area contributed by atoms with E-state index >= 15 is 0 Å². The minimum absolute atomic E-state index is 0.201. The molecule has 0 fully saturated rings. The summed E-state index contributed by atoms with van der Waals surface area (Å²) in [6.07, 6.45) is 0. The second-order valence-electron chi connectivity index (χ2n) is 4.28. The van der Waals surface area contributed by atoms with Crippen molar-refractivity contribution in [2.45, 2.75) is 19.8 Å². The third kappa shape index (κ3) is 4.67. The summed E-state index contributed by atoms with van der Waals surface area (Å²) in [4.78, 5) is 13.8. The van der Waals surface area contributed by atoms with Crippen molar-refractivity contribution in [3.8, 4) is 0 Å². The fourth-order valence-corrected chi connectivity index (χ4v) is 2.00. The lowest BCUT2D eigenvalue weighted by molar-refractivity contribution is 0.0941. The zero-order chi connectivity index (χ0) is 14.3. The number of rotatable bonds is 7. The van der Waals surface area contributed by atoms with E-state index in [4.69, 9.17) is 0 Å². The summed E-state index contributed by atoms with van der Waals surface area (Å²) in [5, 5.41) is 21.5. The van der Waals surface area contributed by atoms with E-state index in [0.29, 0.717) is 18.7 Å². The molecule has 0 aliphatic rings. The minimum atomic E-state index is -1.48. The van der Waals surface area contributed by atoms with Crippen molar-refractivity contribution in [3.63, 3.8) is 0 Å². The maximum atomic E-state index is 11.9. The summed E-state index contributed by atoms with van der Waals surface area (Å²) in [5.41, 5.74) is 0.563. The fourth-order valence-electron chi connectivity index (χ4n) is 2.00. The molecule has 0 saturated heterocycles. The second-order valence-corrected chi connectivity index (χ2v) is 4.28. The molecule has 0 radical (unpaired) electrons. The van der Waals surface area contributed by atoms with Gasteiger partial charge in [-0.05, 0) is 25.2 Å². The summed E-state index contributed by atoms with van der Waals surface area (Å²) in [7, 11) is -1.48. The average molecular weight is 264 g/mol. The van der Waals surface area contributed by atoms with Crippen LogP contribution >= 0.6 is 0 Å². The Morgan fingerprint density at radius 2 is 1.84 bits per heavy atom. The number of hydrogen-bond donors (Lipinski definition) is 3. The van der Waals surface area contributed by atoms with Crippen molar-refractivity contribution in [2.75, 3.05) is 19.6 Å². The van der Waals surface area contributed by atoms with E-state index < -0.39 is 13.1 Å². The smallest absolute Gasteiger partial charge is 0.426 e. The lowest BCUT2D eigenvalue weighted by atomic mass is 9.78. The largest absolute Gasteiger partial charge is 0.471 e. The van der Waals surface area contributed by atoms with Gasteiger partial charge in [0, 0.05) is 12.1 Å². The lowest BCUT2D eigenvalue weighted by Crippen LogP contribution is -2.53. The Morgan fingerprint density at radius 1 is 1.26 bits per heavy atom. The van der Waals surface area contributed by atoms with E-state index in [-0.39, 0.29) is 12.5 Å². The van der Waals surface area contributed by atoms with E-state index in [1.54, 1.807) is 24.3 Å². The molecule has 1 atom stereocenters. The Balaban J connectivity index is 2.59. The number of hydrogen-bond acceptors (Lipinski definition) is 4. The van der Waals surface area contributed by atoms with Gasteiger partial charge in [0.1, 0.15) is 0 Å². The summed E-state index contributed by atoms with van der Waals surface area (Å²) in [6.45, 7) is 5.48. The van der Waals surface area contributed by atoms with Crippen molar-refractivity contribution in [1.29, 1.82) is 0 Å². The van der Waals surface area contributed by atoms with Gasteiger partial charge in [-0.1, -0.05) is 32.0 Å². The van der Waals surface area contributed by atoms with Gasteiger partial charge >= 0.3 is 7.12 Å². The maximum absolute atomic E-state index is 11.9. The number of amides is 1. The van der Waals surface area contributed by atoms with Crippen molar-refractivity contribution in [1.82, 2.24) is 10.2 Å². The molecule has 0 bridgehead atoms. The highest BCUT2D eigenvalue weighted by molar-refractivity contribution is 6.43. The van der Waals surface area contributed by atoms with E-state index in [0.717, 1.165) is 0 Å². The molecule has 0 aliphatic heterocycles. The van der Waals surface area contributed by atoms with Crippen LogP contribution in [0.4, 0.5) is 0 Å². The average Bonchev–Trinajstić information content (AvgIpc) is 2.43. The molecular weight excluding hydrogens is 243 g/mol. The van der Waals surface area contributed by atoms with Crippen LogP contribution in [0.5, 0.6) is 0 Å². The first-order valence-corrected chi connectivity index (χ1v) is 6.53. The zero-order valence-corrected chi connectivity index (χ0v) is 11.4. The van der Waals surface area contributed by atoms with Crippen LogP contribution in [0.1, 0.15) is 24.2 Å². The van der Waals surface area contributed by atoms with Crippen LogP contribution in [0, 0.1) is 0 Å². The van der Waals surface area contributed by atoms with Crippen LogP contribution in [-0.4, -0.2) is 53.5 Å². The number of benzene rings is 1. The van der Waals surface area contributed by atoms with Crippen LogP contribution in [0.25, 0.3) is 0 Å². The molecule has 0 aliphatic carbocycles. The molecule has 0 spiro atoms. The minimum Gasteiger partial charge on any atom is -0.426 e. The monoisotopic (exact) mass is 264 g/mol. The molecule has 0 heterocycles. The fraction of sp³-hybridized carbons (Fsp3) is 0.462. The molecule has 1 rings (SSSR count). The highest BCUT2D eigenvalue weighted by Gasteiger charge is 2.28. The maximum Gasteiger partial charge on any atom is 0.471 e. The van der Waals surface area contributed by atoms with E-state index in [9.17, 15) is 14.8 Å². The van der Waals surface area contributed by atoms with Gasteiger partial charge in [0.25, 0.3) is 5.91 Å². The van der Waals surface area contributed by atoms with Crippen LogP contribution in [-0.2, 0) is 0 Å². The number of likely N-dealkylation sites (N-methyl/N-ethyl adjacent to an activating group) is 1. The van der Waals surface area contributed by atoms with Crippen molar-refractivity contribution in [2.24, 2.45) is 0 Å². The van der Waals surface area contributed by atoms with Crippen molar-refractivity contribution in [3.05, 3.63) is 35.9 Å². The number of nitrogens with one attached hydrogen (secondary N) is 1. The molecular formula is C13H21BN2O3. The molecule has 19 heavy (non-hydrogen) atoms. The third-order valence-electron chi connectivity index (χ3n) is 3.13. The zero-order valence-electron chi connectivity index (χ0n) is 11.4. The van der Waals surface area contributed by atoms with Gasteiger partial charge in [0.05, 0.1) is 5.94 Å². The Morgan fingerprint density at radius 3 is 2.32 bits per heavy atom. The number of nitrogens with zero attached hydrogens (tertiary/aromatic N) is 1. The lowest BCUT2D eigenvalue weighted by Gasteiger charge is -2.29. The number of carbonyl (C=O) groups is 1. The molecule has 1 amide bonds. The predicted molar refractivity (Wildman–Crippen MR) is 75.7 cm³/mol. The van der Waals surface area contributed by atoms with Crippen LogP contribution < -0.4 is 5.32 Å². The van der Waals surface area contributed by atoms with Crippen LogP contribution in [0.2, 0.25) is 0 Å². The second kappa shape index (κ2) is 7.94. The summed E-state index contributed by atoms with van der Waals surface area (Å²) >= 11 is 0. The van der Waals surface area contributed by atoms with Crippen LogP contribution in [0.15, 0.2) is 30.3 Å². The normalized spacial score (nSPS) is 12.3. The molecule has 5 nitrogen and oxygen atoms in total. The van der Waals surface area contributed by atoms with Gasteiger partial charge in [0.2, 0.25) is 0 Å². The van der Waals surface area contributed by atoms with E-state index in [1.807, 2.05) is 24.8 Å². The van der Waals surface area contributed by atoms with Crippen LogP contribution in [0.3, 0.4) is 0 Å². The van der Waals surface area contributed by atoms with Gasteiger partial charge in [-0.25, -0.2) is 0 Å². The third-order valence-corrected chi connectivity index (χ3v) is 3.13. The van der Waals surface area contributed by atoms with Gasteiger partial charge in [-0.2, -0.15) is 0 Å². The molecule has 104 valence electrons. The Hall–Kier alpha value is -1.37. The summed E-state index contributed by atoms with van der Waals surface area (Å²) in [6, 6.07) is 8.86. The predicted octanol–water partition coefficient (Wildman–Crippen LogP) is 0.139. The van der Waals surface area contributed by atoms with Crippen molar-refractivity contribution >= 4 is 13.0 Å². The highest BCUT2D eigenvalue weighted by Crippen LogP contribution is 2.02. The Kier molecular flexibility index (Phi) is 6.55. The number of carbonyl (C=O) groups excluding carboxylic acids is 1. The first-order valence-electron chi connectivity index (χ1n) is 6.53. The van der Waals surface area contributed by atoms with Gasteiger partial charge in [0.15, 0.2) is 0 Å². The topological polar surface area (TPSA) is 72.8 Å². The summed E-state index contributed by atoms with van der Waals surface area (Å²) in [5.74, 6) is -0.707. The molecule has 1 aromatic carbocycles. The molecule has 0 aromatic heterocycles. The highest BCUT2D eigenvalue weighted by atomic mass is 16.4. The van der Waals surface area contributed by atoms with Gasteiger partial charge < -0.3 is 20.3 Å². The molecule has 1 unspecified atom stereocenters. The Bertz CT molecular complexity index is 383. The van der Waals surface area contributed by atoms with Gasteiger partial charge in [-0.3, -0.25) is 4.79 Å².